The van der Waals surface area contributed by atoms with Crippen LogP contribution in [-0.4, -0.2) is 29.8 Å². The molecule has 22 heavy (non-hydrogen) atoms. The van der Waals surface area contributed by atoms with Crippen LogP contribution in [0.5, 0.6) is 5.75 Å². The molecule has 2 rings (SSSR count). The minimum atomic E-state index is -0.779. The number of nitrogens with two attached hydrogens (primary N) is 2. The Morgan fingerprint density at radius 3 is 2.50 bits per heavy atom. The third-order valence-electron chi connectivity index (χ3n) is 2.99. The molecule has 0 atom stereocenters. The first-order chi connectivity index (χ1) is 10.2. The molecule has 120 valence electrons. The van der Waals surface area contributed by atoms with Gasteiger partial charge < -0.3 is 16.2 Å². The minimum absolute atomic E-state index is 0.105. The lowest BCUT2D eigenvalue weighted by Gasteiger charge is -2.36. The van der Waals surface area contributed by atoms with Crippen LogP contribution in [-0.2, 0) is 11.4 Å². The Hall–Kier alpha value is -1.70. The van der Waals surface area contributed by atoms with Gasteiger partial charge in [-0.15, -0.1) is 0 Å². The van der Waals surface area contributed by atoms with Gasteiger partial charge in [0, 0.05) is 10.6 Å². The standard InChI is InChI=1S/C13H17Cl2N5O2/c1-13(2)19-11(16)18-12(17)20(13)22-6-7-4-10(21-3)9(15)5-8(7)14/h4-5H,6H2,1-3H3,(H4,16,17,18,19). The summed E-state index contributed by atoms with van der Waals surface area (Å²) in [7, 11) is 1.52. The highest BCUT2D eigenvalue weighted by Crippen LogP contribution is 2.32. The molecule has 0 spiro atoms. The van der Waals surface area contributed by atoms with Crippen molar-refractivity contribution in [2.24, 2.45) is 21.5 Å². The predicted octanol–water partition coefficient (Wildman–Crippen LogP) is 2.11. The zero-order chi connectivity index (χ0) is 16.5. The molecule has 0 aromatic heterocycles. The monoisotopic (exact) mass is 345 g/mol. The lowest BCUT2D eigenvalue weighted by Crippen LogP contribution is -2.53. The summed E-state index contributed by atoms with van der Waals surface area (Å²) >= 11 is 12.2. The van der Waals surface area contributed by atoms with Crippen LogP contribution in [0.3, 0.4) is 0 Å². The molecule has 0 unspecified atom stereocenters. The van der Waals surface area contributed by atoms with Gasteiger partial charge in [-0.25, -0.2) is 4.99 Å². The van der Waals surface area contributed by atoms with Crippen molar-refractivity contribution in [2.75, 3.05) is 7.11 Å². The fourth-order valence-corrected chi connectivity index (χ4v) is 2.51. The molecule has 0 fully saturated rings. The molecule has 1 heterocycles. The van der Waals surface area contributed by atoms with Crippen LogP contribution in [0.4, 0.5) is 0 Å². The van der Waals surface area contributed by atoms with Gasteiger partial charge in [0.2, 0.25) is 11.9 Å². The van der Waals surface area contributed by atoms with Crippen molar-refractivity contribution in [2.45, 2.75) is 26.1 Å². The number of ether oxygens (including phenoxy) is 1. The van der Waals surface area contributed by atoms with Gasteiger partial charge in [0.15, 0.2) is 5.66 Å². The number of aliphatic imine (C=N–C) groups is 2. The molecule has 0 saturated carbocycles. The highest BCUT2D eigenvalue weighted by molar-refractivity contribution is 6.36. The Morgan fingerprint density at radius 2 is 1.91 bits per heavy atom. The fraction of sp³-hybridized carbons (Fsp3) is 0.385. The second-order valence-electron chi connectivity index (χ2n) is 5.08. The van der Waals surface area contributed by atoms with E-state index in [1.165, 1.54) is 12.2 Å². The lowest BCUT2D eigenvalue weighted by atomic mass is 10.2. The highest BCUT2D eigenvalue weighted by Gasteiger charge is 2.33. The molecule has 4 N–H and O–H groups in total. The lowest BCUT2D eigenvalue weighted by molar-refractivity contribution is -0.166. The van der Waals surface area contributed by atoms with Crippen molar-refractivity contribution in [3.63, 3.8) is 0 Å². The Balaban J connectivity index is 2.18. The number of halogens is 2. The van der Waals surface area contributed by atoms with Crippen molar-refractivity contribution >= 4 is 35.1 Å². The van der Waals surface area contributed by atoms with Gasteiger partial charge in [-0.2, -0.15) is 10.1 Å². The van der Waals surface area contributed by atoms with Crippen LogP contribution in [0.2, 0.25) is 10.0 Å². The van der Waals surface area contributed by atoms with Crippen molar-refractivity contribution in [3.05, 3.63) is 27.7 Å². The number of hydroxylamine groups is 2. The quantitative estimate of drug-likeness (QED) is 0.870. The topological polar surface area (TPSA) is 98.5 Å². The molecule has 0 aliphatic carbocycles. The first-order valence-corrected chi connectivity index (χ1v) is 7.14. The molecule has 0 saturated heterocycles. The summed E-state index contributed by atoms with van der Waals surface area (Å²) in [5.41, 5.74) is 11.3. The maximum absolute atomic E-state index is 6.16. The second kappa shape index (κ2) is 6.20. The number of nitrogens with zero attached hydrogens (tertiary/aromatic N) is 3. The molecule has 7 nitrogen and oxygen atoms in total. The molecule has 0 bridgehead atoms. The summed E-state index contributed by atoms with van der Waals surface area (Å²) in [6.07, 6.45) is 0. The number of hydrogen-bond acceptors (Lipinski definition) is 7. The van der Waals surface area contributed by atoms with Crippen LogP contribution < -0.4 is 16.2 Å². The summed E-state index contributed by atoms with van der Waals surface area (Å²) in [6, 6.07) is 3.29. The van der Waals surface area contributed by atoms with Crippen molar-refractivity contribution in [1.29, 1.82) is 0 Å². The molecule has 1 aliphatic rings. The Labute approximate surface area is 138 Å². The molecular formula is C13H17Cl2N5O2. The van der Waals surface area contributed by atoms with Gasteiger partial charge in [0.05, 0.1) is 12.1 Å². The van der Waals surface area contributed by atoms with Gasteiger partial charge >= 0.3 is 0 Å². The van der Waals surface area contributed by atoms with E-state index in [2.05, 4.69) is 9.98 Å². The van der Waals surface area contributed by atoms with Crippen LogP contribution in [0.25, 0.3) is 0 Å². The first kappa shape index (κ1) is 16.7. The van der Waals surface area contributed by atoms with Crippen LogP contribution >= 0.6 is 23.2 Å². The van der Waals surface area contributed by atoms with E-state index in [-0.39, 0.29) is 18.5 Å². The number of hydrogen-bond donors (Lipinski definition) is 2. The minimum Gasteiger partial charge on any atom is -0.495 e. The first-order valence-electron chi connectivity index (χ1n) is 6.39. The van der Waals surface area contributed by atoms with E-state index < -0.39 is 5.66 Å². The fourth-order valence-electron chi connectivity index (χ4n) is 1.99. The third-order valence-corrected chi connectivity index (χ3v) is 3.64. The van der Waals surface area contributed by atoms with Crippen molar-refractivity contribution < 1.29 is 9.57 Å². The van der Waals surface area contributed by atoms with Crippen LogP contribution in [0.15, 0.2) is 22.1 Å². The van der Waals surface area contributed by atoms with Gasteiger partial charge in [0.1, 0.15) is 12.4 Å². The molecule has 9 heteroatoms. The number of guanidine groups is 2. The number of benzene rings is 1. The van der Waals surface area contributed by atoms with Gasteiger partial charge in [0.25, 0.3) is 0 Å². The van der Waals surface area contributed by atoms with E-state index in [0.717, 1.165) is 0 Å². The van der Waals surface area contributed by atoms with E-state index in [1.807, 2.05) is 0 Å². The van der Waals surface area contributed by atoms with Crippen LogP contribution in [0, 0.1) is 0 Å². The Morgan fingerprint density at radius 1 is 1.23 bits per heavy atom. The second-order valence-corrected chi connectivity index (χ2v) is 5.89. The highest BCUT2D eigenvalue weighted by atomic mass is 35.5. The van der Waals surface area contributed by atoms with Gasteiger partial charge in [-0.3, -0.25) is 4.84 Å². The maximum Gasteiger partial charge on any atom is 0.226 e. The summed E-state index contributed by atoms with van der Waals surface area (Å²) in [5.74, 6) is 0.731. The summed E-state index contributed by atoms with van der Waals surface area (Å²) in [6.45, 7) is 3.73. The molecule has 1 aliphatic heterocycles. The molecule has 1 aromatic carbocycles. The normalized spacial score (nSPS) is 17.0. The van der Waals surface area contributed by atoms with Crippen molar-refractivity contribution in [3.8, 4) is 5.75 Å². The molecule has 0 amide bonds. The maximum atomic E-state index is 6.16. The predicted molar refractivity (Wildman–Crippen MR) is 87.0 cm³/mol. The zero-order valence-electron chi connectivity index (χ0n) is 12.4. The third kappa shape index (κ3) is 3.37. The van der Waals surface area contributed by atoms with E-state index in [9.17, 15) is 0 Å². The molecule has 0 radical (unpaired) electrons. The van der Waals surface area contributed by atoms with E-state index >= 15 is 0 Å². The van der Waals surface area contributed by atoms with Gasteiger partial charge in [-0.05, 0) is 26.0 Å². The van der Waals surface area contributed by atoms with Crippen LogP contribution in [0.1, 0.15) is 19.4 Å². The van der Waals surface area contributed by atoms with E-state index in [4.69, 9.17) is 44.2 Å². The Bertz CT molecular complexity index is 646. The SMILES string of the molecule is COc1cc(CON2C(N)=NC(N)=NC2(C)C)c(Cl)cc1Cl. The van der Waals surface area contributed by atoms with Crippen molar-refractivity contribution in [1.82, 2.24) is 5.06 Å². The molecular weight excluding hydrogens is 329 g/mol. The molecule has 1 aromatic rings. The van der Waals surface area contributed by atoms with Gasteiger partial charge in [-0.1, -0.05) is 23.2 Å². The average molecular weight is 346 g/mol. The van der Waals surface area contributed by atoms with E-state index in [0.29, 0.717) is 21.4 Å². The van der Waals surface area contributed by atoms with E-state index in [1.54, 1.807) is 26.0 Å². The summed E-state index contributed by atoms with van der Waals surface area (Å²) < 4.78 is 5.16. The zero-order valence-corrected chi connectivity index (χ0v) is 13.9. The largest absolute Gasteiger partial charge is 0.495 e. The Kier molecular flexibility index (Phi) is 4.69. The number of rotatable bonds is 4. The summed E-state index contributed by atoms with van der Waals surface area (Å²) in [5, 5.41) is 2.26. The smallest absolute Gasteiger partial charge is 0.226 e. The summed E-state index contributed by atoms with van der Waals surface area (Å²) in [4.78, 5) is 13.8. The average Bonchev–Trinajstić information content (AvgIpc) is 2.38. The number of methoxy groups -OCH3 is 1.